The van der Waals surface area contributed by atoms with Crippen LogP contribution in [0.25, 0.3) is 21.9 Å². The number of aromatic amines is 1. The summed E-state index contributed by atoms with van der Waals surface area (Å²) in [7, 11) is 2.99. The van der Waals surface area contributed by atoms with Crippen molar-refractivity contribution in [1.82, 2.24) is 40.6 Å². The van der Waals surface area contributed by atoms with Gasteiger partial charge in [0.05, 0.1) is 12.6 Å². The van der Waals surface area contributed by atoms with Crippen LogP contribution in [0.2, 0.25) is 0 Å². The highest BCUT2D eigenvalue weighted by molar-refractivity contribution is 7.09. The number of nitrogens with one attached hydrogen (secondary N) is 4. The minimum absolute atomic E-state index is 0.0301. The van der Waals surface area contributed by atoms with Gasteiger partial charge in [-0.15, -0.1) is 11.3 Å². The van der Waals surface area contributed by atoms with Crippen molar-refractivity contribution in [2.24, 2.45) is 5.92 Å². The Morgan fingerprint density at radius 1 is 0.893 bits per heavy atom. The van der Waals surface area contributed by atoms with Crippen LogP contribution in [-0.4, -0.2) is 112 Å². The number of aromatic nitrogens is 2. The van der Waals surface area contributed by atoms with Gasteiger partial charge in [0, 0.05) is 61.5 Å². The molecule has 0 fully saturated rings. The largest absolute Gasteiger partial charge is 0.451 e. The Bertz CT molecular complexity index is 2230. The first-order valence-electron chi connectivity index (χ1n) is 18.4. The van der Waals surface area contributed by atoms with E-state index in [1.54, 1.807) is 29.8 Å². The lowest BCUT2D eigenvalue weighted by atomic mass is 10.0. The lowest BCUT2D eigenvalue weighted by Crippen LogP contribution is -2.53. The Morgan fingerprint density at radius 3 is 2.39 bits per heavy atom. The third-order valence-electron chi connectivity index (χ3n) is 9.64. The molecule has 1 aliphatic heterocycles. The minimum atomic E-state index is -1.08. The summed E-state index contributed by atoms with van der Waals surface area (Å²) in [6.07, 6.45) is 2.39. The van der Waals surface area contributed by atoms with Crippen LogP contribution in [0.3, 0.4) is 0 Å². The molecular weight excluding hydrogens is 737 g/mol. The van der Waals surface area contributed by atoms with Gasteiger partial charge in [-0.25, -0.2) is 4.98 Å². The molecule has 56 heavy (non-hydrogen) atoms. The number of para-hydroxylation sites is 2. The van der Waals surface area contributed by atoms with E-state index in [4.69, 9.17) is 4.42 Å². The summed E-state index contributed by atoms with van der Waals surface area (Å²) in [5.74, 6) is -3.01. The molecule has 2 bridgehead atoms. The molecule has 16 heteroatoms. The molecule has 15 nitrogen and oxygen atoms in total. The van der Waals surface area contributed by atoms with Gasteiger partial charge in [0.2, 0.25) is 23.6 Å². The number of carbonyl (C=O) groups is 6. The summed E-state index contributed by atoms with van der Waals surface area (Å²) >= 11 is 1.20. The number of carbonyl (C=O) groups excluding carboxylic acids is 6. The van der Waals surface area contributed by atoms with E-state index < -0.39 is 53.6 Å². The molecular formula is C40H46N8O7S. The second-order valence-electron chi connectivity index (χ2n) is 14.5. The first kappa shape index (κ1) is 39.7. The summed E-state index contributed by atoms with van der Waals surface area (Å²) in [4.78, 5) is 93.7. The van der Waals surface area contributed by atoms with Gasteiger partial charge in [0.15, 0.2) is 5.76 Å². The number of likely N-dealkylation sites (N-methyl/N-ethyl adjacent to an activating group) is 2. The smallest absolute Gasteiger partial charge is 0.290 e. The van der Waals surface area contributed by atoms with Crippen molar-refractivity contribution in [3.8, 4) is 0 Å². The molecule has 1 aliphatic rings. The number of benzene rings is 2. The summed E-state index contributed by atoms with van der Waals surface area (Å²) in [5.41, 5.74) is 2.23. The van der Waals surface area contributed by atoms with Crippen molar-refractivity contribution in [3.05, 3.63) is 88.2 Å². The lowest BCUT2D eigenvalue weighted by molar-refractivity contribution is -0.138. The molecule has 0 unspecified atom stereocenters. The van der Waals surface area contributed by atoms with E-state index in [9.17, 15) is 28.8 Å². The predicted octanol–water partition coefficient (Wildman–Crippen LogP) is 3.49. The van der Waals surface area contributed by atoms with Crippen LogP contribution in [0, 0.1) is 5.92 Å². The maximum absolute atomic E-state index is 14.0. The molecule has 0 aliphatic carbocycles. The fraction of sp³-hybridized carbons (Fsp3) is 0.375. The summed E-state index contributed by atoms with van der Waals surface area (Å²) < 4.78 is 5.84. The predicted molar refractivity (Wildman–Crippen MR) is 211 cm³/mol. The fourth-order valence-corrected chi connectivity index (χ4v) is 7.59. The van der Waals surface area contributed by atoms with Crippen molar-refractivity contribution in [2.75, 3.05) is 40.3 Å². The van der Waals surface area contributed by atoms with E-state index in [2.05, 4.69) is 25.9 Å². The molecule has 6 rings (SSSR count). The molecule has 4 heterocycles. The Morgan fingerprint density at radius 2 is 1.62 bits per heavy atom. The quantitative estimate of drug-likeness (QED) is 0.208. The number of H-pyrrole nitrogens is 1. The van der Waals surface area contributed by atoms with E-state index in [0.717, 1.165) is 21.9 Å². The number of hydrogen-bond donors (Lipinski definition) is 4. The third kappa shape index (κ3) is 9.25. The molecule has 0 saturated heterocycles. The zero-order chi connectivity index (χ0) is 40.1. The van der Waals surface area contributed by atoms with Crippen LogP contribution in [0.4, 0.5) is 0 Å². The van der Waals surface area contributed by atoms with E-state index in [1.807, 2.05) is 50.2 Å². The van der Waals surface area contributed by atoms with Crippen LogP contribution in [-0.2, 0) is 25.6 Å². The molecule has 6 amide bonds. The standard InChI is InChI=1S/C40H46N8O7S/c1-23(2)16-29-37-45-31(22-56-37)36(51)44-30(17-26-19-41-28-12-8-7-11-27(26)28)39(53)47(5)20-34(49)42-24(3)38(52)46(4)14-15-48(21-35(50)43-29)40(54)33-18-25-10-6-9-13-32(25)55-33/h6-13,18-19,22-24,29-30,41H,14-17,20-21H2,1-5H3,(H,42,49)(H,43,50)(H,44,51)/t24-,29-,30+/m0/s1. The highest BCUT2D eigenvalue weighted by Gasteiger charge is 2.31. The molecule has 0 radical (unpaired) electrons. The molecule has 5 aromatic rings. The van der Waals surface area contributed by atoms with Crippen LogP contribution in [0.15, 0.2) is 70.6 Å². The lowest BCUT2D eigenvalue weighted by Gasteiger charge is -2.28. The zero-order valence-corrected chi connectivity index (χ0v) is 32.8. The third-order valence-corrected chi connectivity index (χ3v) is 10.6. The monoisotopic (exact) mass is 782 g/mol. The number of hydrogen-bond acceptors (Lipinski definition) is 9. The van der Waals surface area contributed by atoms with Gasteiger partial charge in [-0.05, 0) is 43.0 Å². The van der Waals surface area contributed by atoms with Gasteiger partial charge in [0.1, 0.15) is 34.9 Å². The number of rotatable bonds is 5. The molecule has 0 saturated carbocycles. The summed E-state index contributed by atoms with van der Waals surface area (Å²) in [5, 5.41) is 12.2. The van der Waals surface area contributed by atoms with Gasteiger partial charge < -0.3 is 40.1 Å². The van der Waals surface area contributed by atoms with Gasteiger partial charge in [-0.3, -0.25) is 28.8 Å². The van der Waals surface area contributed by atoms with Crippen LogP contribution < -0.4 is 16.0 Å². The van der Waals surface area contributed by atoms with Crippen molar-refractivity contribution in [3.63, 3.8) is 0 Å². The maximum atomic E-state index is 14.0. The van der Waals surface area contributed by atoms with E-state index in [1.165, 1.54) is 47.1 Å². The molecule has 0 spiro atoms. The average Bonchev–Trinajstić information content (AvgIpc) is 3.93. The zero-order valence-electron chi connectivity index (χ0n) is 32.0. The number of nitrogens with zero attached hydrogens (tertiary/aromatic N) is 4. The van der Waals surface area contributed by atoms with Gasteiger partial charge >= 0.3 is 0 Å². The molecule has 2 aromatic carbocycles. The molecule has 3 atom stereocenters. The highest BCUT2D eigenvalue weighted by atomic mass is 32.1. The van der Waals surface area contributed by atoms with Crippen molar-refractivity contribution < 1.29 is 33.2 Å². The summed E-state index contributed by atoms with van der Waals surface area (Å²) in [6, 6.07) is 13.7. The van der Waals surface area contributed by atoms with E-state index in [-0.39, 0.29) is 50.0 Å². The minimum Gasteiger partial charge on any atom is -0.451 e. The van der Waals surface area contributed by atoms with E-state index in [0.29, 0.717) is 17.0 Å². The summed E-state index contributed by atoms with van der Waals surface area (Å²) in [6.45, 7) is 4.77. The number of furan rings is 1. The average molecular weight is 783 g/mol. The Hall–Kier alpha value is -6.03. The first-order chi connectivity index (χ1) is 26.8. The normalized spacial score (nSPS) is 19.9. The van der Waals surface area contributed by atoms with Gasteiger partial charge in [-0.2, -0.15) is 0 Å². The maximum Gasteiger partial charge on any atom is 0.290 e. The van der Waals surface area contributed by atoms with Crippen LogP contribution >= 0.6 is 11.3 Å². The number of thiazole rings is 1. The van der Waals surface area contributed by atoms with Crippen LogP contribution in [0.1, 0.15) is 64.8 Å². The second kappa shape index (κ2) is 17.2. The Balaban J connectivity index is 1.31. The second-order valence-corrected chi connectivity index (χ2v) is 15.4. The van der Waals surface area contributed by atoms with E-state index >= 15 is 0 Å². The van der Waals surface area contributed by atoms with Crippen molar-refractivity contribution in [1.29, 1.82) is 0 Å². The van der Waals surface area contributed by atoms with Crippen molar-refractivity contribution >= 4 is 68.7 Å². The van der Waals surface area contributed by atoms with Gasteiger partial charge in [-0.1, -0.05) is 50.2 Å². The van der Waals surface area contributed by atoms with Crippen LogP contribution in [0.5, 0.6) is 0 Å². The number of amides is 6. The SMILES string of the molecule is CC(C)C[C@@H]1NC(=O)CN(C(=O)c2cc3ccccc3o2)CCN(C)C(=O)[C@H](C)NC(=O)CN(C)C(=O)[C@@H](Cc2c[nH]c3ccccc23)NC(=O)c2csc1n2. The Kier molecular flexibility index (Phi) is 12.2. The fourth-order valence-electron chi connectivity index (χ4n) is 6.73. The molecule has 4 N–H and O–H groups in total. The topological polar surface area (TPSA) is 190 Å². The molecule has 294 valence electrons. The first-order valence-corrected chi connectivity index (χ1v) is 19.3. The highest BCUT2D eigenvalue weighted by Crippen LogP contribution is 2.26. The van der Waals surface area contributed by atoms with Gasteiger partial charge in [0.25, 0.3) is 11.8 Å². The van der Waals surface area contributed by atoms with Crippen molar-refractivity contribution in [2.45, 2.75) is 51.7 Å². The number of fused-ring (bicyclic) bond motifs is 4. The molecule has 3 aromatic heterocycles. The Labute approximate surface area is 327 Å².